The Labute approximate surface area is 134 Å². The van der Waals surface area contributed by atoms with Crippen LogP contribution < -0.4 is 0 Å². The normalized spacial score (nSPS) is 17.4. The Balaban J connectivity index is 2.07. The molecule has 0 aliphatic heterocycles. The summed E-state index contributed by atoms with van der Waals surface area (Å²) in [6, 6.07) is 5.00. The molecular weight excluding hydrogens is 311 g/mol. The highest BCUT2D eigenvalue weighted by Gasteiger charge is 2.41. The number of halogens is 2. The molecule has 3 nitrogen and oxygen atoms in total. The summed E-state index contributed by atoms with van der Waals surface area (Å²) in [5.41, 5.74) is -0.184. The summed E-state index contributed by atoms with van der Waals surface area (Å²) >= 11 is 11.9. The molecule has 1 saturated carbocycles. The fourth-order valence-corrected chi connectivity index (χ4v) is 3.49. The maximum atomic E-state index is 12.3. The summed E-state index contributed by atoms with van der Waals surface area (Å²) in [7, 11) is 0. The molecule has 0 bridgehead atoms. The van der Waals surface area contributed by atoms with Gasteiger partial charge in [-0.25, -0.2) is 0 Å². The number of ketones is 1. The fraction of sp³-hybridized carbons (Fsp3) is 0.500. The van der Waals surface area contributed by atoms with Crippen LogP contribution in [0.25, 0.3) is 0 Å². The van der Waals surface area contributed by atoms with E-state index in [9.17, 15) is 14.7 Å². The van der Waals surface area contributed by atoms with E-state index in [2.05, 4.69) is 0 Å². The van der Waals surface area contributed by atoms with Crippen LogP contribution in [-0.2, 0) is 16.0 Å². The van der Waals surface area contributed by atoms with Gasteiger partial charge in [-0.2, -0.15) is 0 Å². The van der Waals surface area contributed by atoms with Gasteiger partial charge in [0.1, 0.15) is 5.78 Å². The van der Waals surface area contributed by atoms with Crippen molar-refractivity contribution >= 4 is 35.0 Å². The van der Waals surface area contributed by atoms with Gasteiger partial charge in [0.2, 0.25) is 0 Å². The van der Waals surface area contributed by atoms with Gasteiger partial charge in [-0.3, -0.25) is 9.59 Å². The molecule has 114 valence electrons. The molecule has 0 heterocycles. The quantitative estimate of drug-likeness (QED) is 0.863. The predicted molar refractivity (Wildman–Crippen MR) is 82.9 cm³/mol. The number of hydrogen-bond donors (Lipinski definition) is 1. The number of benzene rings is 1. The molecule has 1 aliphatic carbocycles. The molecule has 1 aromatic carbocycles. The molecule has 0 saturated heterocycles. The van der Waals surface area contributed by atoms with Gasteiger partial charge in [-0.15, -0.1) is 0 Å². The highest BCUT2D eigenvalue weighted by Crippen LogP contribution is 2.40. The Bertz CT molecular complexity index is 548. The molecule has 2 rings (SSSR count). The van der Waals surface area contributed by atoms with Crippen LogP contribution in [0.2, 0.25) is 10.0 Å². The molecule has 0 aromatic heterocycles. The second-order valence-electron chi connectivity index (χ2n) is 5.77. The zero-order valence-electron chi connectivity index (χ0n) is 11.7. The minimum absolute atomic E-state index is 0.0801. The number of aliphatic carboxylic acids is 1. The smallest absolute Gasteiger partial charge is 0.310 e. The first-order valence-corrected chi connectivity index (χ1v) is 7.88. The highest BCUT2D eigenvalue weighted by molar-refractivity contribution is 6.35. The monoisotopic (exact) mass is 328 g/mol. The Morgan fingerprint density at radius 1 is 1.14 bits per heavy atom. The van der Waals surface area contributed by atoms with Crippen molar-refractivity contribution in [2.24, 2.45) is 5.41 Å². The molecule has 1 aliphatic rings. The molecule has 0 unspecified atom stereocenters. The predicted octanol–water partition coefficient (Wildman–Crippen LogP) is 4.53. The van der Waals surface area contributed by atoms with Crippen molar-refractivity contribution in [3.8, 4) is 0 Å². The summed E-state index contributed by atoms with van der Waals surface area (Å²) in [6.07, 6.45) is 4.21. The van der Waals surface area contributed by atoms with Crippen molar-refractivity contribution in [1.29, 1.82) is 0 Å². The molecular formula is C16H18Cl2O3. The van der Waals surface area contributed by atoms with Crippen LogP contribution >= 0.6 is 23.2 Å². The van der Waals surface area contributed by atoms with E-state index in [-0.39, 0.29) is 18.6 Å². The van der Waals surface area contributed by atoms with Crippen LogP contribution in [0.5, 0.6) is 0 Å². The number of hydrogen-bond acceptors (Lipinski definition) is 2. The minimum atomic E-state index is -0.881. The van der Waals surface area contributed by atoms with E-state index >= 15 is 0 Å². The van der Waals surface area contributed by atoms with E-state index in [1.165, 1.54) is 0 Å². The van der Waals surface area contributed by atoms with Crippen LogP contribution in [-0.4, -0.2) is 16.9 Å². The SMILES string of the molecule is O=C(Cc1ccc(Cl)cc1Cl)CC1(C(=O)O)CCCCC1. The van der Waals surface area contributed by atoms with Gasteiger partial charge in [0.05, 0.1) is 5.41 Å². The molecule has 0 radical (unpaired) electrons. The van der Waals surface area contributed by atoms with Crippen molar-refractivity contribution in [3.63, 3.8) is 0 Å². The van der Waals surface area contributed by atoms with Gasteiger partial charge in [0.25, 0.3) is 0 Å². The number of Topliss-reactive ketones (excluding diaryl/α,β-unsaturated/α-hetero) is 1. The number of rotatable bonds is 5. The van der Waals surface area contributed by atoms with Gasteiger partial charge in [-0.05, 0) is 30.5 Å². The molecule has 1 N–H and O–H groups in total. The van der Waals surface area contributed by atoms with Crippen molar-refractivity contribution in [3.05, 3.63) is 33.8 Å². The standard InChI is InChI=1S/C16H18Cl2O3/c17-12-5-4-11(14(18)9-12)8-13(19)10-16(15(20)21)6-2-1-3-7-16/h4-5,9H,1-3,6-8,10H2,(H,20,21). The van der Waals surface area contributed by atoms with E-state index in [4.69, 9.17) is 23.2 Å². The second-order valence-corrected chi connectivity index (χ2v) is 6.62. The molecule has 5 heteroatoms. The lowest BCUT2D eigenvalue weighted by Gasteiger charge is -2.32. The van der Waals surface area contributed by atoms with Crippen LogP contribution in [0.3, 0.4) is 0 Å². The van der Waals surface area contributed by atoms with Crippen molar-refractivity contribution < 1.29 is 14.7 Å². The summed E-state index contributed by atoms with van der Waals surface area (Å²) in [5.74, 6) is -0.929. The zero-order valence-corrected chi connectivity index (χ0v) is 13.2. The first-order valence-electron chi connectivity index (χ1n) is 7.12. The van der Waals surface area contributed by atoms with Crippen LogP contribution in [0.4, 0.5) is 0 Å². The van der Waals surface area contributed by atoms with Crippen LogP contribution in [0.15, 0.2) is 18.2 Å². The van der Waals surface area contributed by atoms with E-state index < -0.39 is 11.4 Å². The summed E-state index contributed by atoms with van der Waals surface area (Å²) < 4.78 is 0. The molecule has 1 aromatic rings. The third-order valence-corrected chi connectivity index (χ3v) is 4.79. The van der Waals surface area contributed by atoms with Crippen molar-refractivity contribution in [2.45, 2.75) is 44.9 Å². The maximum absolute atomic E-state index is 12.3. The third kappa shape index (κ3) is 3.98. The average molecular weight is 329 g/mol. The first kappa shape index (κ1) is 16.3. The Hall–Kier alpha value is -1.06. The van der Waals surface area contributed by atoms with Gasteiger partial charge >= 0.3 is 5.97 Å². The molecule has 21 heavy (non-hydrogen) atoms. The Morgan fingerprint density at radius 3 is 2.38 bits per heavy atom. The average Bonchev–Trinajstić information content (AvgIpc) is 2.43. The lowest BCUT2D eigenvalue weighted by Crippen LogP contribution is -2.36. The van der Waals surface area contributed by atoms with Crippen molar-refractivity contribution in [2.75, 3.05) is 0 Å². The van der Waals surface area contributed by atoms with Gasteiger partial charge < -0.3 is 5.11 Å². The summed E-state index contributed by atoms with van der Waals surface area (Å²) in [4.78, 5) is 23.9. The van der Waals surface area contributed by atoms with Gasteiger partial charge in [0.15, 0.2) is 0 Å². The topological polar surface area (TPSA) is 54.4 Å². The summed E-state index contributed by atoms with van der Waals surface area (Å²) in [6.45, 7) is 0. The lowest BCUT2D eigenvalue weighted by atomic mass is 9.70. The van der Waals surface area contributed by atoms with Gasteiger partial charge in [0, 0.05) is 22.9 Å². The molecule has 0 amide bonds. The van der Waals surface area contributed by atoms with Crippen LogP contribution in [0.1, 0.15) is 44.1 Å². The number of carbonyl (C=O) groups is 2. The van der Waals surface area contributed by atoms with Gasteiger partial charge in [-0.1, -0.05) is 48.5 Å². The van der Waals surface area contributed by atoms with E-state index in [0.717, 1.165) is 19.3 Å². The minimum Gasteiger partial charge on any atom is -0.481 e. The zero-order chi connectivity index (χ0) is 15.5. The molecule has 0 spiro atoms. The van der Waals surface area contributed by atoms with Crippen molar-refractivity contribution in [1.82, 2.24) is 0 Å². The molecule has 1 fully saturated rings. The van der Waals surface area contributed by atoms with E-state index in [1.54, 1.807) is 18.2 Å². The first-order chi connectivity index (χ1) is 9.93. The largest absolute Gasteiger partial charge is 0.481 e. The number of carboxylic acids is 1. The van der Waals surface area contributed by atoms with E-state index in [0.29, 0.717) is 28.5 Å². The Morgan fingerprint density at radius 2 is 1.81 bits per heavy atom. The maximum Gasteiger partial charge on any atom is 0.310 e. The van der Waals surface area contributed by atoms with E-state index in [1.807, 2.05) is 0 Å². The fourth-order valence-electron chi connectivity index (χ4n) is 3.01. The highest BCUT2D eigenvalue weighted by atomic mass is 35.5. The number of carbonyl (C=O) groups excluding carboxylic acids is 1. The second kappa shape index (κ2) is 6.80. The Kier molecular flexibility index (Phi) is 5.28. The van der Waals surface area contributed by atoms with Crippen LogP contribution in [0, 0.1) is 5.41 Å². The molecule has 0 atom stereocenters. The third-order valence-electron chi connectivity index (χ3n) is 4.20. The summed E-state index contributed by atoms with van der Waals surface area (Å²) in [5, 5.41) is 10.5. The number of carboxylic acid groups (broad SMARTS) is 1. The lowest BCUT2D eigenvalue weighted by molar-refractivity contribution is -0.153.